The van der Waals surface area contributed by atoms with Crippen molar-refractivity contribution in [3.05, 3.63) is 65.7 Å². The number of carbonyl (C=O) groups is 2. The summed E-state index contributed by atoms with van der Waals surface area (Å²) in [6.07, 6.45) is 4.53. The number of nitrogens with two attached hydrogens (primary N) is 1. The first-order valence-corrected chi connectivity index (χ1v) is 16.3. The second kappa shape index (κ2) is 10.1. The number of ether oxygens (including phenoxy) is 1. The van der Waals surface area contributed by atoms with Crippen LogP contribution in [0.3, 0.4) is 0 Å². The topological polar surface area (TPSA) is 119 Å². The van der Waals surface area contributed by atoms with E-state index in [1.807, 2.05) is 30.1 Å². The molecule has 234 valence electrons. The Balaban J connectivity index is 1.13. The third-order valence-electron chi connectivity index (χ3n) is 10.7. The van der Waals surface area contributed by atoms with E-state index in [4.69, 9.17) is 15.5 Å². The van der Waals surface area contributed by atoms with Crippen LogP contribution in [0.25, 0.3) is 44.6 Å². The lowest BCUT2D eigenvalue weighted by atomic mass is 10.00. The SMILES string of the molecule is COc1cc(C(=O)N2CC3CCC2C3N)cc2nc(-c3cc4ccc(-c5ccc6c(c5)CNC(=O)N6)cc4n3CC3CC3)n(C)c12. The lowest BCUT2D eigenvalue weighted by Crippen LogP contribution is -2.41. The summed E-state index contributed by atoms with van der Waals surface area (Å²) in [6, 6.07) is 18.8. The number of likely N-dealkylation sites (tertiary alicyclic amines) is 1. The number of rotatable bonds is 6. The van der Waals surface area contributed by atoms with E-state index in [9.17, 15) is 9.59 Å². The highest BCUT2D eigenvalue weighted by atomic mass is 16.5. The van der Waals surface area contributed by atoms with Gasteiger partial charge in [-0.1, -0.05) is 18.2 Å². The van der Waals surface area contributed by atoms with Crippen molar-refractivity contribution in [1.82, 2.24) is 24.3 Å². The van der Waals surface area contributed by atoms with Crippen LogP contribution in [0.2, 0.25) is 0 Å². The van der Waals surface area contributed by atoms with Crippen LogP contribution in [-0.4, -0.2) is 56.7 Å². The number of aryl methyl sites for hydroxylation is 1. The summed E-state index contributed by atoms with van der Waals surface area (Å²) in [5.41, 5.74) is 15.0. The third kappa shape index (κ3) is 4.23. The van der Waals surface area contributed by atoms with Crippen LogP contribution >= 0.6 is 0 Å². The Kier molecular flexibility index (Phi) is 6.02. The number of anilines is 1. The van der Waals surface area contributed by atoms with Crippen molar-refractivity contribution in [2.45, 2.75) is 50.9 Å². The van der Waals surface area contributed by atoms with Gasteiger partial charge < -0.3 is 35.1 Å². The zero-order chi connectivity index (χ0) is 31.3. The van der Waals surface area contributed by atoms with E-state index in [-0.39, 0.29) is 24.0 Å². The predicted molar refractivity (Wildman–Crippen MR) is 178 cm³/mol. The van der Waals surface area contributed by atoms with Crippen molar-refractivity contribution < 1.29 is 14.3 Å². The van der Waals surface area contributed by atoms with Crippen LogP contribution in [0.4, 0.5) is 10.5 Å². The molecule has 3 fully saturated rings. The molecule has 4 heterocycles. The average Bonchev–Trinajstić information content (AvgIpc) is 3.47. The molecule has 2 aliphatic carbocycles. The average molecular weight is 616 g/mol. The van der Waals surface area contributed by atoms with Gasteiger partial charge in [-0.3, -0.25) is 4.79 Å². The van der Waals surface area contributed by atoms with Gasteiger partial charge in [-0.2, -0.15) is 0 Å². The van der Waals surface area contributed by atoms with Crippen LogP contribution in [0.1, 0.15) is 41.6 Å². The molecule has 5 aromatic rings. The molecule has 46 heavy (non-hydrogen) atoms. The second-order valence-electron chi connectivity index (χ2n) is 13.5. The first-order chi connectivity index (χ1) is 22.4. The number of nitrogens with one attached hydrogen (secondary N) is 2. The van der Waals surface area contributed by atoms with E-state index in [0.717, 1.165) is 76.2 Å². The molecule has 4 N–H and O–H groups in total. The van der Waals surface area contributed by atoms with Crippen LogP contribution in [-0.2, 0) is 20.1 Å². The molecule has 2 aromatic heterocycles. The zero-order valence-corrected chi connectivity index (χ0v) is 26.0. The largest absolute Gasteiger partial charge is 0.494 e. The maximum Gasteiger partial charge on any atom is 0.319 e. The Labute approximate surface area is 266 Å². The summed E-state index contributed by atoms with van der Waals surface area (Å²) in [5, 5.41) is 6.90. The van der Waals surface area contributed by atoms with Gasteiger partial charge in [0.1, 0.15) is 11.3 Å². The number of aromatic nitrogens is 3. The fraction of sp³-hybridized carbons (Fsp3) is 0.361. The van der Waals surface area contributed by atoms with E-state index in [0.29, 0.717) is 29.7 Å². The minimum Gasteiger partial charge on any atom is -0.494 e. The lowest BCUT2D eigenvalue weighted by Gasteiger charge is -2.27. The fourth-order valence-electron chi connectivity index (χ4n) is 8.02. The monoisotopic (exact) mass is 615 g/mol. The maximum absolute atomic E-state index is 13.8. The van der Waals surface area contributed by atoms with Gasteiger partial charge in [0.05, 0.1) is 18.3 Å². The number of hydrogen-bond acceptors (Lipinski definition) is 5. The van der Waals surface area contributed by atoms with E-state index in [1.54, 1.807) is 7.11 Å². The van der Waals surface area contributed by atoms with E-state index >= 15 is 0 Å². The summed E-state index contributed by atoms with van der Waals surface area (Å²) >= 11 is 0. The van der Waals surface area contributed by atoms with Crippen molar-refractivity contribution in [2.24, 2.45) is 24.6 Å². The molecule has 3 aromatic carbocycles. The number of fused-ring (bicyclic) bond motifs is 5. The Morgan fingerprint density at radius 2 is 1.87 bits per heavy atom. The number of benzene rings is 3. The molecule has 2 aliphatic heterocycles. The first-order valence-electron chi connectivity index (χ1n) is 16.3. The minimum absolute atomic E-state index is 0.00534. The van der Waals surface area contributed by atoms with Gasteiger partial charge in [-0.05, 0) is 90.6 Å². The van der Waals surface area contributed by atoms with E-state index in [2.05, 4.69) is 56.2 Å². The quantitative estimate of drug-likeness (QED) is 0.234. The Hall–Kier alpha value is -4.83. The molecule has 0 spiro atoms. The highest BCUT2D eigenvalue weighted by molar-refractivity contribution is 6.01. The molecule has 3 atom stereocenters. The molecule has 3 amide bonds. The Bertz CT molecular complexity index is 2090. The molecule has 2 saturated carbocycles. The number of imidazole rings is 1. The number of piperidine rings is 1. The second-order valence-corrected chi connectivity index (χ2v) is 13.5. The molecule has 0 radical (unpaired) electrons. The summed E-state index contributed by atoms with van der Waals surface area (Å²) in [7, 11) is 3.68. The molecule has 10 nitrogen and oxygen atoms in total. The van der Waals surface area contributed by atoms with Crippen LogP contribution < -0.4 is 21.1 Å². The highest BCUT2D eigenvalue weighted by Crippen LogP contribution is 2.41. The number of methoxy groups -OCH3 is 1. The highest BCUT2D eigenvalue weighted by Gasteiger charge is 2.47. The molecular formula is C36H37N7O3. The molecule has 9 rings (SSSR count). The summed E-state index contributed by atoms with van der Waals surface area (Å²) < 4.78 is 10.4. The van der Waals surface area contributed by atoms with Gasteiger partial charge in [-0.25, -0.2) is 9.78 Å². The standard InChI is InChI=1S/C36H37N7O3/c1-41-33-27(12-24(15-31(33)46-2)35(44)43-18-23-8-10-28(43)32(23)37)39-34(41)30-14-22-6-5-21(13-29(22)42(30)17-19-3-4-19)20-7-9-26-25(11-20)16-38-36(45)40-26/h5-7,9,11-15,19,23,28,32H,3-4,8,10,16-18,37H2,1-2H3,(H2,38,40,45). The number of hydrogen-bond donors (Lipinski definition) is 3. The van der Waals surface area contributed by atoms with Crippen molar-refractivity contribution in [3.8, 4) is 28.4 Å². The molecule has 2 bridgehead atoms. The van der Waals surface area contributed by atoms with Gasteiger partial charge >= 0.3 is 6.03 Å². The van der Waals surface area contributed by atoms with Crippen LogP contribution in [0.5, 0.6) is 5.75 Å². The predicted octanol–water partition coefficient (Wildman–Crippen LogP) is 5.48. The van der Waals surface area contributed by atoms with Crippen LogP contribution in [0, 0.1) is 11.8 Å². The summed E-state index contributed by atoms with van der Waals surface area (Å²) in [5.74, 6) is 2.52. The smallest absolute Gasteiger partial charge is 0.319 e. The third-order valence-corrected chi connectivity index (χ3v) is 10.7. The maximum atomic E-state index is 13.8. The molecule has 10 heteroatoms. The molecular weight excluding hydrogens is 578 g/mol. The zero-order valence-electron chi connectivity index (χ0n) is 26.0. The molecule has 4 aliphatic rings. The summed E-state index contributed by atoms with van der Waals surface area (Å²) in [6.45, 7) is 2.15. The Morgan fingerprint density at radius 1 is 1.04 bits per heavy atom. The van der Waals surface area contributed by atoms with Gasteiger partial charge in [0, 0.05) is 60.9 Å². The van der Waals surface area contributed by atoms with Crippen molar-refractivity contribution in [3.63, 3.8) is 0 Å². The summed E-state index contributed by atoms with van der Waals surface area (Å²) in [4.78, 5) is 32.7. The van der Waals surface area contributed by atoms with Gasteiger partial charge in [0.25, 0.3) is 5.91 Å². The molecule has 3 unspecified atom stereocenters. The van der Waals surface area contributed by atoms with Crippen LogP contribution in [0.15, 0.2) is 54.6 Å². The Morgan fingerprint density at radius 3 is 2.63 bits per heavy atom. The fourth-order valence-corrected chi connectivity index (χ4v) is 8.02. The van der Waals surface area contributed by atoms with Gasteiger partial charge in [-0.15, -0.1) is 0 Å². The minimum atomic E-state index is -0.169. The first kappa shape index (κ1) is 27.5. The van der Waals surface area contributed by atoms with Gasteiger partial charge in [0.15, 0.2) is 5.82 Å². The van der Waals surface area contributed by atoms with Crippen molar-refractivity contribution in [1.29, 1.82) is 0 Å². The van der Waals surface area contributed by atoms with E-state index in [1.165, 1.54) is 18.4 Å². The number of carbonyl (C=O) groups excluding carboxylic acids is 2. The number of urea groups is 1. The van der Waals surface area contributed by atoms with Gasteiger partial charge in [0.2, 0.25) is 0 Å². The number of nitrogens with zero attached hydrogens (tertiary/aromatic N) is 4. The van der Waals surface area contributed by atoms with Crippen molar-refractivity contribution >= 4 is 39.6 Å². The normalized spacial score (nSPS) is 21.9. The van der Waals surface area contributed by atoms with Crippen molar-refractivity contribution in [2.75, 3.05) is 19.0 Å². The van der Waals surface area contributed by atoms with E-state index < -0.39 is 0 Å². The molecule has 1 saturated heterocycles. The lowest BCUT2D eigenvalue weighted by molar-refractivity contribution is 0.0700. The number of amides is 3.